The average molecular weight is 293 g/mol. The van der Waals surface area contributed by atoms with Gasteiger partial charge in [0.2, 0.25) is 0 Å². The summed E-state index contributed by atoms with van der Waals surface area (Å²) in [6.07, 6.45) is 5.39. The standard InChI is InChI=1S/C14H23N5S/c1-4-6-8-20-10-12-17-13(15-7-5-2)11-9-16-19(3)14(11)18-12/h9H,4-8,10H2,1-3H3,(H,15,17,18). The second kappa shape index (κ2) is 7.47. The molecule has 0 atom stereocenters. The maximum absolute atomic E-state index is 4.65. The zero-order chi connectivity index (χ0) is 14.4. The largest absolute Gasteiger partial charge is 0.369 e. The van der Waals surface area contributed by atoms with Crippen molar-refractivity contribution in [2.24, 2.45) is 7.05 Å². The van der Waals surface area contributed by atoms with Gasteiger partial charge in [0.15, 0.2) is 5.65 Å². The first kappa shape index (κ1) is 15.1. The minimum absolute atomic E-state index is 0.863. The first-order valence-electron chi connectivity index (χ1n) is 7.26. The van der Waals surface area contributed by atoms with Crippen molar-refractivity contribution in [2.75, 3.05) is 17.6 Å². The summed E-state index contributed by atoms with van der Waals surface area (Å²) >= 11 is 1.90. The lowest BCUT2D eigenvalue weighted by molar-refractivity contribution is 0.782. The van der Waals surface area contributed by atoms with Gasteiger partial charge in [0.05, 0.1) is 17.3 Å². The molecule has 0 fully saturated rings. The van der Waals surface area contributed by atoms with Crippen LogP contribution in [0.4, 0.5) is 5.82 Å². The minimum Gasteiger partial charge on any atom is -0.369 e. The molecule has 0 amide bonds. The normalized spacial score (nSPS) is 11.2. The quantitative estimate of drug-likeness (QED) is 0.757. The smallest absolute Gasteiger partial charge is 0.163 e. The Labute approximate surface area is 124 Å². The molecule has 0 aliphatic carbocycles. The average Bonchev–Trinajstić information content (AvgIpc) is 2.83. The Morgan fingerprint density at radius 3 is 2.85 bits per heavy atom. The van der Waals surface area contributed by atoms with Crippen molar-refractivity contribution in [1.29, 1.82) is 0 Å². The number of rotatable bonds is 8. The molecule has 110 valence electrons. The van der Waals surface area contributed by atoms with Gasteiger partial charge in [-0.05, 0) is 18.6 Å². The molecule has 6 heteroatoms. The number of nitrogens with zero attached hydrogens (tertiary/aromatic N) is 4. The summed E-state index contributed by atoms with van der Waals surface area (Å²) in [5.41, 5.74) is 0.907. The fourth-order valence-electron chi connectivity index (χ4n) is 1.92. The summed E-state index contributed by atoms with van der Waals surface area (Å²) in [4.78, 5) is 9.28. The van der Waals surface area contributed by atoms with Crippen LogP contribution in [-0.4, -0.2) is 32.0 Å². The topological polar surface area (TPSA) is 55.6 Å². The number of hydrogen-bond donors (Lipinski definition) is 1. The number of aryl methyl sites for hydroxylation is 1. The van der Waals surface area contributed by atoms with Crippen LogP contribution < -0.4 is 5.32 Å². The van der Waals surface area contributed by atoms with E-state index in [-0.39, 0.29) is 0 Å². The van der Waals surface area contributed by atoms with E-state index >= 15 is 0 Å². The number of aromatic nitrogens is 4. The zero-order valence-electron chi connectivity index (χ0n) is 12.5. The van der Waals surface area contributed by atoms with Crippen LogP contribution in [0, 0.1) is 0 Å². The van der Waals surface area contributed by atoms with Gasteiger partial charge in [-0.25, -0.2) is 9.97 Å². The maximum Gasteiger partial charge on any atom is 0.163 e. The molecule has 0 bridgehead atoms. The van der Waals surface area contributed by atoms with E-state index < -0.39 is 0 Å². The van der Waals surface area contributed by atoms with E-state index in [4.69, 9.17) is 0 Å². The fraction of sp³-hybridized carbons (Fsp3) is 0.643. The van der Waals surface area contributed by atoms with Gasteiger partial charge < -0.3 is 5.32 Å². The van der Waals surface area contributed by atoms with Crippen molar-refractivity contribution in [2.45, 2.75) is 38.9 Å². The molecular formula is C14H23N5S. The highest BCUT2D eigenvalue weighted by atomic mass is 32.2. The Hall–Kier alpha value is -1.30. The molecule has 0 saturated carbocycles. The maximum atomic E-state index is 4.65. The molecule has 5 nitrogen and oxygen atoms in total. The molecule has 0 saturated heterocycles. The number of unbranched alkanes of at least 4 members (excludes halogenated alkanes) is 1. The van der Waals surface area contributed by atoms with Gasteiger partial charge in [-0.15, -0.1) is 0 Å². The first-order chi connectivity index (χ1) is 9.76. The number of fused-ring (bicyclic) bond motifs is 1. The highest BCUT2D eigenvalue weighted by Gasteiger charge is 2.11. The van der Waals surface area contributed by atoms with Crippen molar-refractivity contribution >= 4 is 28.6 Å². The lowest BCUT2D eigenvalue weighted by Gasteiger charge is -2.08. The summed E-state index contributed by atoms with van der Waals surface area (Å²) in [5.74, 6) is 3.83. The van der Waals surface area contributed by atoms with E-state index in [1.165, 1.54) is 18.6 Å². The van der Waals surface area contributed by atoms with Crippen LogP contribution in [-0.2, 0) is 12.8 Å². The van der Waals surface area contributed by atoms with Crippen molar-refractivity contribution in [3.8, 4) is 0 Å². The van der Waals surface area contributed by atoms with E-state index in [0.29, 0.717) is 0 Å². The van der Waals surface area contributed by atoms with E-state index in [1.54, 1.807) is 0 Å². The first-order valence-corrected chi connectivity index (χ1v) is 8.42. The van der Waals surface area contributed by atoms with Crippen molar-refractivity contribution in [1.82, 2.24) is 19.7 Å². The molecule has 2 aromatic rings. The van der Waals surface area contributed by atoms with Crippen LogP contribution in [0.25, 0.3) is 11.0 Å². The Morgan fingerprint density at radius 2 is 2.10 bits per heavy atom. The minimum atomic E-state index is 0.863. The van der Waals surface area contributed by atoms with E-state index in [0.717, 1.165) is 41.4 Å². The van der Waals surface area contributed by atoms with Gasteiger partial charge in [0.25, 0.3) is 0 Å². The summed E-state index contributed by atoms with van der Waals surface area (Å²) in [6.45, 7) is 5.28. The third-order valence-corrected chi connectivity index (χ3v) is 4.09. The monoisotopic (exact) mass is 293 g/mol. The fourth-order valence-corrected chi connectivity index (χ4v) is 2.87. The van der Waals surface area contributed by atoms with Crippen LogP contribution in [0.2, 0.25) is 0 Å². The van der Waals surface area contributed by atoms with Crippen LogP contribution in [0.5, 0.6) is 0 Å². The van der Waals surface area contributed by atoms with Gasteiger partial charge in [-0.3, -0.25) is 4.68 Å². The summed E-state index contributed by atoms with van der Waals surface area (Å²) in [6, 6.07) is 0. The Bertz CT molecular complexity index is 552. The molecule has 0 aliphatic heterocycles. The van der Waals surface area contributed by atoms with Crippen LogP contribution in [0.1, 0.15) is 38.9 Å². The second-order valence-electron chi connectivity index (χ2n) is 4.83. The summed E-state index contributed by atoms with van der Waals surface area (Å²) in [7, 11) is 1.92. The molecular weight excluding hydrogens is 270 g/mol. The number of nitrogens with one attached hydrogen (secondary N) is 1. The zero-order valence-corrected chi connectivity index (χ0v) is 13.3. The number of thioether (sulfide) groups is 1. The van der Waals surface area contributed by atoms with E-state index in [1.807, 2.05) is 29.7 Å². The summed E-state index contributed by atoms with van der Waals surface area (Å²) in [5, 5.41) is 8.66. The number of anilines is 1. The molecule has 2 rings (SSSR count). The Kier molecular flexibility index (Phi) is 5.64. The highest BCUT2D eigenvalue weighted by Crippen LogP contribution is 2.21. The van der Waals surface area contributed by atoms with Crippen molar-refractivity contribution in [3.63, 3.8) is 0 Å². The highest BCUT2D eigenvalue weighted by molar-refractivity contribution is 7.98. The second-order valence-corrected chi connectivity index (χ2v) is 5.93. The molecule has 1 N–H and O–H groups in total. The predicted octanol–water partition coefficient (Wildman–Crippen LogP) is 3.22. The molecule has 0 spiro atoms. The van der Waals surface area contributed by atoms with Crippen LogP contribution >= 0.6 is 11.8 Å². The lowest BCUT2D eigenvalue weighted by Crippen LogP contribution is -2.06. The molecule has 0 unspecified atom stereocenters. The van der Waals surface area contributed by atoms with Crippen LogP contribution in [0.3, 0.4) is 0 Å². The summed E-state index contributed by atoms with van der Waals surface area (Å²) < 4.78 is 1.81. The van der Waals surface area contributed by atoms with E-state index in [2.05, 4.69) is 34.2 Å². The third kappa shape index (κ3) is 3.62. The van der Waals surface area contributed by atoms with Crippen molar-refractivity contribution in [3.05, 3.63) is 12.0 Å². The Balaban J connectivity index is 2.19. The van der Waals surface area contributed by atoms with Gasteiger partial charge >= 0.3 is 0 Å². The number of hydrogen-bond acceptors (Lipinski definition) is 5. The lowest BCUT2D eigenvalue weighted by atomic mass is 10.3. The molecule has 2 heterocycles. The van der Waals surface area contributed by atoms with Gasteiger partial charge in [-0.2, -0.15) is 16.9 Å². The molecule has 0 aromatic carbocycles. The molecule has 20 heavy (non-hydrogen) atoms. The molecule has 2 aromatic heterocycles. The molecule has 0 aliphatic rings. The predicted molar refractivity (Wildman–Crippen MR) is 86.2 cm³/mol. The van der Waals surface area contributed by atoms with Gasteiger partial charge in [0.1, 0.15) is 11.6 Å². The van der Waals surface area contributed by atoms with E-state index in [9.17, 15) is 0 Å². The third-order valence-electron chi connectivity index (χ3n) is 3.05. The SMILES string of the molecule is CCCCSCc1nc(NCCC)c2cnn(C)c2n1. The van der Waals surface area contributed by atoms with Gasteiger partial charge in [-0.1, -0.05) is 20.3 Å². The van der Waals surface area contributed by atoms with Crippen molar-refractivity contribution < 1.29 is 0 Å². The Morgan fingerprint density at radius 1 is 1.25 bits per heavy atom. The van der Waals surface area contributed by atoms with Gasteiger partial charge in [0, 0.05) is 13.6 Å². The van der Waals surface area contributed by atoms with Crippen LogP contribution in [0.15, 0.2) is 6.20 Å². The molecule has 0 radical (unpaired) electrons.